The SMILES string of the molecule is Cc1nn(CN2CCO[C@H]3CCCC[C@@H]32)c(=O)c2ccccc12. The third kappa shape index (κ3) is 2.68. The van der Waals surface area contributed by atoms with Gasteiger partial charge in [-0.15, -0.1) is 0 Å². The lowest BCUT2D eigenvalue weighted by molar-refractivity contribution is -0.0996. The molecule has 0 amide bonds. The lowest BCUT2D eigenvalue weighted by Gasteiger charge is -2.43. The van der Waals surface area contributed by atoms with Crippen molar-refractivity contribution in [2.45, 2.75) is 51.4 Å². The van der Waals surface area contributed by atoms with Gasteiger partial charge in [0.1, 0.15) is 0 Å². The van der Waals surface area contributed by atoms with Crippen LogP contribution >= 0.6 is 0 Å². The second-order valence-electron chi connectivity index (χ2n) is 6.65. The molecule has 0 spiro atoms. The van der Waals surface area contributed by atoms with Crippen LogP contribution in [-0.4, -0.2) is 40.0 Å². The zero-order chi connectivity index (χ0) is 15.8. The first kappa shape index (κ1) is 14.8. The fourth-order valence-corrected chi connectivity index (χ4v) is 4.02. The summed E-state index contributed by atoms with van der Waals surface area (Å²) in [7, 11) is 0. The summed E-state index contributed by atoms with van der Waals surface area (Å²) in [6.45, 7) is 4.17. The van der Waals surface area contributed by atoms with Gasteiger partial charge in [-0.2, -0.15) is 5.10 Å². The molecule has 2 aromatic rings. The molecule has 0 bridgehead atoms. The fraction of sp³-hybridized carbons (Fsp3) is 0.556. The Morgan fingerprint density at radius 3 is 2.87 bits per heavy atom. The van der Waals surface area contributed by atoms with Crippen LogP contribution in [0, 0.1) is 6.92 Å². The van der Waals surface area contributed by atoms with E-state index < -0.39 is 0 Å². The van der Waals surface area contributed by atoms with Crippen molar-refractivity contribution in [1.29, 1.82) is 0 Å². The van der Waals surface area contributed by atoms with Gasteiger partial charge in [0.05, 0.1) is 30.5 Å². The Labute approximate surface area is 135 Å². The van der Waals surface area contributed by atoms with E-state index in [9.17, 15) is 4.79 Å². The van der Waals surface area contributed by atoms with Crippen LogP contribution in [0.1, 0.15) is 31.4 Å². The zero-order valence-corrected chi connectivity index (χ0v) is 13.6. The summed E-state index contributed by atoms with van der Waals surface area (Å²) >= 11 is 0. The van der Waals surface area contributed by atoms with Crippen molar-refractivity contribution >= 4 is 10.8 Å². The van der Waals surface area contributed by atoms with Gasteiger partial charge in [0.25, 0.3) is 5.56 Å². The number of fused-ring (bicyclic) bond motifs is 2. The molecule has 23 heavy (non-hydrogen) atoms. The zero-order valence-electron chi connectivity index (χ0n) is 13.6. The number of nitrogens with zero attached hydrogens (tertiary/aromatic N) is 3. The number of hydrogen-bond acceptors (Lipinski definition) is 4. The van der Waals surface area contributed by atoms with E-state index in [4.69, 9.17) is 4.74 Å². The summed E-state index contributed by atoms with van der Waals surface area (Å²) in [5.41, 5.74) is 0.915. The highest BCUT2D eigenvalue weighted by atomic mass is 16.5. The quantitative estimate of drug-likeness (QED) is 0.853. The number of rotatable bonds is 2. The maximum absolute atomic E-state index is 12.8. The van der Waals surface area contributed by atoms with Crippen LogP contribution in [0.3, 0.4) is 0 Å². The molecule has 0 radical (unpaired) electrons. The Balaban J connectivity index is 1.67. The Morgan fingerprint density at radius 2 is 2.00 bits per heavy atom. The van der Waals surface area contributed by atoms with Crippen molar-refractivity contribution in [2.24, 2.45) is 0 Å². The molecule has 5 heteroatoms. The molecular weight excluding hydrogens is 290 g/mol. The maximum atomic E-state index is 12.8. The summed E-state index contributed by atoms with van der Waals surface area (Å²) in [5.74, 6) is 0. The van der Waals surface area contributed by atoms with E-state index in [1.54, 1.807) is 4.68 Å². The monoisotopic (exact) mass is 313 g/mol. The number of ether oxygens (including phenoxy) is 1. The first-order valence-corrected chi connectivity index (χ1v) is 8.56. The molecule has 4 rings (SSSR count). The van der Waals surface area contributed by atoms with Gasteiger partial charge >= 0.3 is 0 Å². The van der Waals surface area contributed by atoms with Gasteiger partial charge in [-0.25, -0.2) is 4.68 Å². The summed E-state index contributed by atoms with van der Waals surface area (Å²) in [5, 5.41) is 6.26. The second kappa shape index (κ2) is 6.06. The van der Waals surface area contributed by atoms with Crippen LogP contribution < -0.4 is 5.56 Å². The molecular formula is C18H23N3O2. The van der Waals surface area contributed by atoms with E-state index in [1.807, 2.05) is 31.2 Å². The van der Waals surface area contributed by atoms with Gasteiger partial charge in [0.15, 0.2) is 0 Å². The number of benzene rings is 1. The Morgan fingerprint density at radius 1 is 1.22 bits per heavy atom. The molecule has 2 aliphatic rings. The van der Waals surface area contributed by atoms with E-state index in [0.717, 1.165) is 42.5 Å². The molecule has 1 aliphatic heterocycles. The minimum atomic E-state index is 0.00468. The topological polar surface area (TPSA) is 47.4 Å². The predicted molar refractivity (Wildman–Crippen MR) is 89.4 cm³/mol. The van der Waals surface area contributed by atoms with Crippen molar-refractivity contribution in [3.63, 3.8) is 0 Å². The first-order valence-electron chi connectivity index (χ1n) is 8.56. The molecule has 1 aliphatic carbocycles. The van der Waals surface area contributed by atoms with Crippen LogP contribution in [0.15, 0.2) is 29.1 Å². The molecule has 1 saturated heterocycles. The predicted octanol–water partition coefficient (Wildman–Crippen LogP) is 2.31. The van der Waals surface area contributed by atoms with E-state index in [0.29, 0.717) is 18.8 Å². The largest absolute Gasteiger partial charge is 0.375 e. The number of morpholine rings is 1. The van der Waals surface area contributed by atoms with Gasteiger partial charge in [-0.05, 0) is 25.8 Å². The summed E-state index contributed by atoms with van der Waals surface area (Å²) in [4.78, 5) is 15.1. The average molecular weight is 313 g/mol. The van der Waals surface area contributed by atoms with E-state index >= 15 is 0 Å². The van der Waals surface area contributed by atoms with E-state index in [2.05, 4.69) is 10.00 Å². The Bertz CT molecular complexity index is 768. The normalized spacial score (nSPS) is 25.4. The van der Waals surface area contributed by atoms with Crippen LogP contribution in [0.5, 0.6) is 0 Å². The number of aromatic nitrogens is 2. The minimum Gasteiger partial charge on any atom is -0.375 e. The lowest BCUT2D eigenvalue weighted by Crippen LogP contribution is -2.53. The lowest BCUT2D eigenvalue weighted by atomic mass is 9.90. The Kier molecular flexibility index (Phi) is 3.91. The van der Waals surface area contributed by atoms with Crippen LogP contribution in [0.2, 0.25) is 0 Å². The molecule has 122 valence electrons. The minimum absolute atomic E-state index is 0.00468. The van der Waals surface area contributed by atoms with Crippen molar-refractivity contribution < 1.29 is 4.74 Å². The van der Waals surface area contributed by atoms with Crippen molar-refractivity contribution in [3.8, 4) is 0 Å². The van der Waals surface area contributed by atoms with Crippen molar-refractivity contribution in [3.05, 3.63) is 40.3 Å². The molecule has 5 nitrogen and oxygen atoms in total. The molecule has 2 atom stereocenters. The van der Waals surface area contributed by atoms with Gasteiger partial charge in [0.2, 0.25) is 0 Å². The standard InChI is InChI=1S/C18H23N3O2/c1-13-14-6-2-3-7-15(14)18(22)21(19-13)12-20-10-11-23-17-9-5-4-8-16(17)20/h2-3,6-7,16-17H,4-5,8-12H2,1H3/t16-,17-/m0/s1. The van der Waals surface area contributed by atoms with Crippen molar-refractivity contribution in [1.82, 2.24) is 14.7 Å². The van der Waals surface area contributed by atoms with Gasteiger partial charge in [-0.3, -0.25) is 9.69 Å². The van der Waals surface area contributed by atoms with Crippen LogP contribution in [0.4, 0.5) is 0 Å². The van der Waals surface area contributed by atoms with Gasteiger partial charge < -0.3 is 4.74 Å². The third-order valence-corrected chi connectivity index (χ3v) is 5.22. The highest BCUT2D eigenvalue weighted by Crippen LogP contribution is 2.28. The average Bonchev–Trinajstić information content (AvgIpc) is 2.60. The molecule has 0 N–H and O–H groups in total. The van der Waals surface area contributed by atoms with E-state index in [1.165, 1.54) is 12.8 Å². The molecule has 1 aromatic carbocycles. The molecule has 1 saturated carbocycles. The van der Waals surface area contributed by atoms with Gasteiger partial charge in [-0.1, -0.05) is 31.0 Å². The summed E-state index contributed by atoms with van der Waals surface area (Å²) < 4.78 is 7.56. The van der Waals surface area contributed by atoms with E-state index in [-0.39, 0.29) is 5.56 Å². The van der Waals surface area contributed by atoms with Crippen molar-refractivity contribution in [2.75, 3.05) is 13.2 Å². The van der Waals surface area contributed by atoms with Crippen LogP contribution in [-0.2, 0) is 11.4 Å². The molecule has 2 heterocycles. The molecule has 2 fully saturated rings. The van der Waals surface area contributed by atoms with Gasteiger partial charge in [0, 0.05) is 18.0 Å². The highest BCUT2D eigenvalue weighted by molar-refractivity contribution is 5.83. The summed E-state index contributed by atoms with van der Waals surface area (Å²) in [6.07, 6.45) is 5.13. The highest BCUT2D eigenvalue weighted by Gasteiger charge is 2.34. The third-order valence-electron chi connectivity index (χ3n) is 5.22. The smallest absolute Gasteiger partial charge is 0.275 e. The van der Waals surface area contributed by atoms with Crippen LogP contribution in [0.25, 0.3) is 10.8 Å². The summed E-state index contributed by atoms with van der Waals surface area (Å²) in [6, 6.07) is 8.16. The second-order valence-corrected chi connectivity index (χ2v) is 6.65. The fourth-order valence-electron chi connectivity index (χ4n) is 4.02. The maximum Gasteiger partial charge on any atom is 0.275 e. The molecule has 1 aromatic heterocycles. The Hall–Kier alpha value is -1.72. The number of hydrogen-bond donors (Lipinski definition) is 0. The first-order chi connectivity index (χ1) is 11.2. The number of aryl methyl sites for hydroxylation is 1. The molecule has 0 unspecified atom stereocenters.